The lowest BCUT2D eigenvalue weighted by Gasteiger charge is -2.37. The first-order valence-electron chi connectivity index (χ1n) is 13.8. The maximum absolute atomic E-state index is 6.76. The summed E-state index contributed by atoms with van der Waals surface area (Å²) in [6.07, 6.45) is 0. The zero-order valence-corrected chi connectivity index (χ0v) is 21.1. The first-order valence-corrected chi connectivity index (χ1v) is 13.8. The van der Waals surface area contributed by atoms with Gasteiger partial charge in [0.1, 0.15) is 16.6 Å². The molecular weight excluding hydrogens is 492 g/mol. The Hall–Kier alpha value is -5.42. The zero-order valence-electron chi connectivity index (χ0n) is 21.1. The standard InChI is InChI=1S/C35H18N4O/c1-3-10-23-19(8-1)21-18-22-20-9-2-4-11-24(20)37-29-16-6-12-25-26-13-7-17-30-39(26)35(38(25)29)31-27(14-5-15-28(31)40-30)36(23)33(21)32(35)34(22)37/h1-18H/q+2. The predicted molar refractivity (Wildman–Crippen MR) is 153 cm³/mol. The summed E-state index contributed by atoms with van der Waals surface area (Å²) in [5.41, 5.74) is 10.5. The molecule has 1 unspecified atom stereocenters. The predicted octanol–water partition coefficient (Wildman–Crippen LogP) is 6.47. The molecule has 4 aliphatic rings. The van der Waals surface area contributed by atoms with Gasteiger partial charge in [0, 0.05) is 33.7 Å². The number of hydrogen-bond acceptors (Lipinski definition) is 1. The number of aromatic nitrogens is 4. The molecule has 0 N–H and O–H groups in total. The van der Waals surface area contributed by atoms with Crippen LogP contribution in [0.25, 0.3) is 66.5 Å². The van der Waals surface area contributed by atoms with Crippen molar-refractivity contribution in [2.24, 2.45) is 0 Å². The van der Waals surface area contributed by atoms with E-state index in [1.54, 1.807) is 0 Å². The van der Waals surface area contributed by atoms with Gasteiger partial charge < -0.3 is 9.30 Å². The smallest absolute Gasteiger partial charge is 0.378 e. The van der Waals surface area contributed by atoms with Crippen molar-refractivity contribution in [2.45, 2.75) is 5.66 Å². The monoisotopic (exact) mass is 510 g/mol. The van der Waals surface area contributed by atoms with E-state index in [0.717, 1.165) is 11.6 Å². The number of benzene rings is 4. The normalized spacial score (nSPS) is 17.8. The largest absolute Gasteiger partial charge is 0.404 e. The summed E-state index contributed by atoms with van der Waals surface area (Å²) in [5, 5.41) is 5.16. The first-order chi connectivity index (χ1) is 19.9. The van der Waals surface area contributed by atoms with Gasteiger partial charge in [0.25, 0.3) is 11.5 Å². The first kappa shape index (κ1) is 18.8. The second-order valence-electron chi connectivity index (χ2n) is 11.4. The van der Waals surface area contributed by atoms with Gasteiger partial charge in [-0.05, 0) is 54.6 Å². The minimum Gasteiger partial charge on any atom is -0.404 e. The molecular formula is C35H18N4O+2. The van der Waals surface area contributed by atoms with E-state index in [-0.39, 0.29) is 0 Å². The number of nitrogens with zero attached hydrogens (tertiary/aromatic N) is 4. The molecule has 8 aromatic rings. The number of fused-ring (bicyclic) bond motifs is 9. The number of para-hydroxylation sites is 2. The molecule has 0 fully saturated rings. The lowest BCUT2D eigenvalue weighted by molar-refractivity contribution is -0.938. The summed E-state index contributed by atoms with van der Waals surface area (Å²) < 4.78 is 16.8. The van der Waals surface area contributed by atoms with Crippen molar-refractivity contribution in [1.82, 2.24) is 9.13 Å². The van der Waals surface area contributed by atoms with Gasteiger partial charge in [-0.25, -0.2) is 0 Å². The highest BCUT2D eigenvalue weighted by Gasteiger charge is 2.71. The molecule has 5 nitrogen and oxygen atoms in total. The maximum atomic E-state index is 6.76. The third-order valence-electron chi connectivity index (χ3n) is 9.81. The van der Waals surface area contributed by atoms with Crippen LogP contribution >= 0.6 is 0 Å². The molecule has 0 saturated carbocycles. The third-order valence-corrected chi connectivity index (χ3v) is 9.81. The van der Waals surface area contributed by atoms with E-state index in [1.807, 2.05) is 0 Å². The van der Waals surface area contributed by atoms with Gasteiger partial charge in [0.05, 0.1) is 22.8 Å². The molecule has 4 aromatic carbocycles. The topological polar surface area (TPSA) is 26.8 Å². The number of ether oxygens (including phenoxy) is 1. The van der Waals surface area contributed by atoms with Gasteiger partial charge in [0.15, 0.2) is 11.3 Å². The summed E-state index contributed by atoms with van der Waals surface area (Å²) in [7, 11) is 0. The number of hydrogen-bond donors (Lipinski definition) is 0. The molecule has 8 heterocycles. The molecule has 182 valence electrons. The Labute approximate surface area is 226 Å². The van der Waals surface area contributed by atoms with E-state index in [2.05, 4.69) is 127 Å². The van der Waals surface area contributed by atoms with E-state index in [0.29, 0.717) is 0 Å². The summed E-state index contributed by atoms with van der Waals surface area (Å²) >= 11 is 0. The maximum Gasteiger partial charge on any atom is 0.378 e. The molecule has 0 saturated heterocycles. The molecule has 1 atom stereocenters. The van der Waals surface area contributed by atoms with E-state index in [1.165, 1.54) is 77.6 Å². The lowest BCUT2D eigenvalue weighted by Crippen LogP contribution is -2.75. The molecule has 5 heteroatoms. The molecule has 0 aliphatic carbocycles. The Morgan fingerprint density at radius 1 is 0.550 bits per heavy atom. The SMILES string of the molecule is c1cc2c3c(c1)-n1c4ccccc4c4cc5c6ccccc6n6c5c(c41)C31[n+]3c(cccc3-c3cccc-6[n+]31)O2. The summed E-state index contributed by atoms with van der Waals surface area (Å²) in [4.78, 5) is 0. The van der Waals surface area contributed by atoms with Gasteiger partial charge >= 0.3 is 11.5 Å². The van der Waals surface area contributed by atoms with Crippen LogP contribution in [-0.2, 0) is 5.66 Å². The molecule has 4 aromatic heterocycles. The highest BCUT2D eigenvalue weighted by Crippen LogP contribution is 2.57. The third kappa shape index (κ3) is 1.60. The van der Waals surface area contributed by atoms with Crippen LogP contribution in [0.4, 0.5) is 0 Å². The van der Waals surface area contributed by atoms with Gasteiger partial charge in [-0.3, -0.25) is 0 Å². The highest BCUT2D eigenvalue weighted by molar-refractivity contribution is 6.22. The van der Waals surface area contributed by atoms with Crippen LogP contribution in [0.2, 0.25) is 0 Å². The van der Waals surface area contributed by atoms with Crippen LogP contribution in [0.5, 0.6) is 11.6 Å². The Balaban J connectivity index is 1.53. The van der Waals surface area contributed by atoms with E-state index < -0.39 is 5.66 Å². The fourth-order valence-corrected chi connectivity index (χ4v) is 8.63. The fraction of sp³-hybridized carbons (Fsp3) is 0.0286. The van der Waals surface area contributed by atoms with Crippen molar-refractivity contribution in [3.63, 3.8) is 0 Å². The molecule has 40 heavy (non-hydrogen) atoms. The van der Waals surface area contributed by atoms with Crippen molar-refractivity contribution in [3.05, 3.63) is 120 Å². The van der Waals surface area contributed by atoms with E-state index >= 15 is 0 Å². The zero-order chi connectivity index (χ0) is 25.5. The average molecular weight is 511 g/mol. The molecule has 0 bridgehead atoms. The van der Waals surface area contributed by atoms with Gasteiger partial charge in [-0.15, -0.1) is 9.13 Å². The summed E-state index contributed by atoms with van der Waals surface area (Å²) in [6.45, 7) is 0. The summed E-state index contributed by atoms with van der Waals surface area (Å²) in [5.74, 6) is 2.97. The molecule has 4 aliphatic heterocycles. The second-order valence-corrected chi connectivity index (χ2v) is 11.4. The van der Waals surface area contributed by atoms with Crippen molar-refractivity contribution >= 4 is 43.6 Å². The van der Waals surface area contributed by atoms with Crippen LogP contribution in [0.15, 0.2) is 109 Å². The van der Waals surface area contributed by atoms with Gasteiger partial charge in [-0.1, -0.05) is 36.4 Å². The minimum absolute atomic E-state index is 0.603. The Kier molecular flexibility index (Phi) is 2.64. The number of rotatable bonds is 0. The fourth-order valence-electron chi connectivity index (χ4n) is 8.63. The molecule has 0 amide bonds. The summed E-state index contributed by atoms with van der Waals surface area (Å²) in [6, 6.07) is 40.0. The Morgan fingerprint density at radius 3 is 2.05 bits per heavy atom. The number of pyridine rings is 2. The van der Waals surface area contributed by atoms with E-state index in [4.69, 9.17) is 4.74 Å². The van der Waals surface area contributed by atoms with Gasteiger partial charge in [-0.2, -0.15) is 4.57 Å². The average Bonchev–Trinajstić information content (AvgIpc) is 3.62. The van der Waals surface area contributed by atoms with Crippen molar-refractivity contribution in [3.8, 4) is 34.5 Å². The Bertz CT molecular complexity index is 2590. The van der Waals surface area contributed by atoms with Crippen molar-refractivity contribution < 1.29 is 13.9 Å². The highest BCUT2D eigenvalue weighted by atomic mass is 16.5. The molecule has 0 radical (unpaired) electrons. The quantitative estimate of drug-likeness (QED) is 0.215. The van der Waals surface area contributed by atoms with Crippen molar-refractivity contribution in [2.75, 3.05) is 0 Å². The second kappa shape index (κ2) is 5.63. The van der Waals surface area contributed by atoms with E-state index in [9.17, 15) is 0 Å². The van der Waals surface area contributed by atoms with Crippen LogP contribution in [0.3, 0.4) is 0 Å². The molecule has 1 spiro atoms. The van der Waals surface area contributed by atoms with Crippen LogP contribution in [0.1, 0.15) is 11.1 Å². The lowest BCUT2D eigenvalue weighted by atomic mass is 9.81. The van der Waals surface area contributed by atoms with Crippen LogP contribution in [-0.4, -0.2) is 9.13 Å². The van der Waals surface area contributed by atoms with Crippen LogP contribution < -0.4 is 13.9 Å². The van der Waals surface area contributed by atoms with Gasteiger partial charge in [0.2, 0.25) is 5.69 Å². The minimum atomic E-state index is -0.603. The van der Waals surface area contributed by atoms with Crippen LogP contribution in [0, 0.1) is 0 Å². The van der Waals surface area contributed by atoms with Crippen molar-refractivity contribution in [1.29, 1.82) is 0 Å². The molecule has 12 rings (SSSR count). The Morgan fingerprint density at radius 2 is 1.23 bits per heavy atom.